The van der Waals surface area contributed by atoms with Crippen LogP contribution in [0.4, 0.5) is 0 Å². The third-order valence-electron chi connectivity index (χ3n) is 4.65. The van der Waals surface area contributed by atoms with E-state index in [1.807, 2.05) is 6.92 Å². The van der Waals surface area contributed by atoms with Crippen molar-refractivity contribution < 1.29 is 10.2 Å². The summed E-state index contributed by atoms with van der Waals surface area (Å²) < 4.78 is 0. The summed E-state index contributed by atoms with van der Waals surface area (Å²) in [6, 6.07) is 0.468. The van der Waals surface area contributed by atoms with Crippen molar-refractivity contribution in [3.05, 3.63) is 0 Å². The summed E-state index contributed by atoms with van der Waals surface area (Å²) in [6.45, 7) is 8.69. The Kier molecular flexibility index (Phi) is 5.23. The molecule has 2 unspecified atom stereocenters. The molecule has 2 aliphatic rings. The van der Waals surface area contributed by atoms with Crippen LogP contribution in [0.25, 0.3) is 0 Å². The highest BCUT2D eigenvalue weighted by molar-refractivity contribution is 4.89. The lowest BCUT2D eigenvalue weighted by atomic mass is 9.84. The molecular formula is C15H30N2O2. The standard InChI is InChI=1S/C15H30N2O2/c1-13-10-16(8-9-17(13)11-14(2)18)12-15(19)6-4-3-5-7-15/h13-14,18-19H,3-12H2,1-2H3. The molecule has 2 rings (SSSR count). The molecule has 19 heavy (non-hydrogen) atoms. The van der Waals surface area contributed by atoms with E-state index in [4.69, 9.17) is 0 Å². The highest BCUT2D eigenvalue weighted by Crippen LogP contribution is 2.29. The van der Waals surface area contributed by atoms with Crippen LogP contribution in [-0.4, -0.2) is 70.5 Å². The summed E-state index contributed by atoms with van der Waals surface area (Å²) in [5.74, 6) is 0. The molecule has 2 N–H and O–H groups in total. The predicted octanol–water partition coefficient (Wildman–Crippen LogP) is 1.07. The van der Waals surface area contributed by atoms with E-state index in [9.17, 15) is 10.2 Å². The Morgan fingerprint density at radius 1 is 1.21 bits per heavy atom. The normalized spacial score (nSPS) is 31.3. The Bertz CT molecular complexity index is 277. The summed E-state index contributed by atoms with van der Waals surface area (Å²) >= 11 is 0. The van der Waals surface area contributed by atoms with Gasteiger partial charge in [0.1, 0.15) is 0 Å². The SMILES string of the molecule is CC(O)CN1CCN(CC2(O)CCCCC2)CC1C. The first-order valence-corrected chi connectivity index (χ1v) is 7.85. The summed E-state index contributed by atoms with van der Waals surface area (Å²) in [5, 5.41) is 20.1. The maximum absolute atomic E-state index is 10.6. The van der Waals surface area contributed by atoms with Crippen LogP contribution < -0.4 is 0 Å². The maximum atomic E-state index is 10.6. The molecule has 2 atom stereocenters. The summed E-state index contributed by atoms with van der Waals surface area (Å²) in [6.07, 6.45) is 5.31. The van der Waals surface area contributed by atoms with E-state index in [0.29, 0.717) is 6.04 Å². The highest BCUT2D eigenvalue weighted by atomic mass is 16.3. The van der Waals surface area contributed by atoms with Crippen LogP contribution >= 0.6 is 0 Å². The van der Waals surface area contributed by atoms with E-state index in [2.05, 4.69) is 16.7 Å². The maximum Gasteiger partial charge on any atom is 0.0774 e. The summed E-state index contributed by atoms with van der Waals surface area (Å²) in [5.41, 5.74) is -0.440. The first kappa shape index (κ1) is 15.2. The van der Waals surface area contributed by atoms with Crippen LogP contribution in [0.15, 0.2) is 0 Å². The largest absolute Gasteiger partial charge is 0.392 e. The first-order valence-electron chi connectivity index (χ1n) is 7.85. The van der Waals surface area contributed by atoms with Crippen molar-refractivity contribution in [3.63, 3.8) is 0 Å². The smallest absolute Gasteiger partial charge is 0.0774 e. The molecule has 0 radical (unpaired) electrons. The first-order chi connectivity index (χ1) is 8.98. The van der Waals surface area contributed by atoms with Gasteiger partial charge in [0, 0.05) is 38.8 Å². The van der Waals surface area contributed by atoms with Crippen LogP contribution in [-0.2, 0) is 0 Å². The lowest BCUT2D eigenvalue weighted by molar-refractivity contribution is -0.0456. The van der Waals surface area contributed by atoms with Gasteiger partial charge >= 0.3 is 0 Å². The highest BCUT2D eigenvalue weighted by Gasteiger charge is 2.33. The van der Waals surface area contributed by atoms with Gasteiger partial charge in [0.15, 0.2) is 0 Å². The van der Waals surface area contributed by atoms with E-state index in [1.54, 1.807) is 0 Å². The van der Waals surface area contributed by atoms with E-state index in [1.165, 1.54) is 19.3 Å². The van der Waals surface area contributed by atoms with Crippen molar-refractivity contribution in [2.24, 2.45) is 0 Å². The molecular weight excluding hydrogens is 240 g/mol. The number of hydrogen-bond acceptors (Lipinski definition) is 4. The van der Waals surface area contributed by atoms with Crippen LogP contribution in [0.1, 0.15) is 46.0 Å². The van der Waals surface area contributed by atoms with E-state index in [0.717, 1.165) is 45.6 Å². The van der Waals surface area contributed by atoms with Gasteiger partial charge in [-0.25, -0.2) is 0 Å². The Morgan fingerprint density at radius 2 is 1.89 bits per heavy atom. The Hall–Kier alpha value is -0.160. The molecule has 0 aromatic heterocycles. The van der Waals surface area contributed by atoms with Crippen molar-refractivity contribution in [3.8, 4) is 0 Å². The van der Waals surface area contributed by atoms with Crippen molar-refractivity contribution in [1.82, 2.24) is 9.80 Å². The van der Waals surface area contributed by atoms with E-state index < -0.39 is 5.60 Å². The number of aliphatic hydroxyl groups excluding tert-OH is 1. The average Bonchev–Trinajstić information content (AvgIpc) is 2.33. The molecule has 0 spiro atoms. The third-order valence-corrected chi connectivity index (χ3v) is 4.65. The second-order valence-corrected chi connectivity index (χ2v) is 6.71. The zero-order valence-electron chi connectivity index (χ0n) is 12.5. The van der Waals surface area contributed by atoms with E-state index in [-0.39, 0.29) is 6.10 Å². The summed E-state index contributed by atoms with van der Waals surface area (Å²) in [4.78, 5) is 4.76. The quantitative estimate of drug-likeness (QED) is 0.802. The average molecular weight is 270 g/mol. The molecule has 0 bridgehead atoms. The molecule has 1 aliphatic heterocycles. The molecule has 0 aromatic carbocycles. The second kappa shape index (κ2) is 6.53. The van der Waals surface area contributed by atoms with Crippen LogP contribution in [0, 0.1) is 0 Å². The van der Waals surface area contributed by atoms with Crippen LogP contribution in [0.5, 0.6) is 0 Å². The minimum absolute atomic E-state index is 0.253. The molecule has 1 heterocycles. The number of piperazine rings is 1. The van der Waals surface area contributed by atoms with Crippen LogP contribution in [0.2, 0.25) is 0 Å². The predicted molar refractivity (Wildman–Crippen MR) is 77.2 cm³/mol. The molecule has 0 aromatic rings. The van der Waals surface area contributed by atoms with Crippen molar-refractivity contribution >= 4 is 0 Å². The molecule has 4 nitrogen and oxygen atoms in total. The molecule has 112 valence electrons. The van der Waals surface area contributed by atoms with Crippen molar-refractivity contribution in [1.29, 1.82) is 0 Å². The van der Waals surface area contributed by atoms with Gasteiger partial charge in [0.05, 0.1) is 11.7 Å². The number of rotatable bonds is 4. The lowest BCUT2D eigenvalue weighted by Crippen LogP contribution is -2.56. The number of hydrogen-bond donors (Lipinski definition) is 2. The minimum Gasteiger partial charge on any atom is -0.392 e. The number of nitrogens with zero attached hydrogens (tertiary/aromatic N) is 2. The molecule has 1 saturated heterocycles. The van der Waals surface area contributed by atoms with Gasteiger partial charge in [0.25, 0.3) is 0 Å². The van der Waals surface area contributed by atoms with E-state index >= 15 is 0 Å². The monoisotopic (exact) mass is 270 g/mol. The third kappa shape index (κ3) is 4.42. The zero-order chi connectivity index (χ0) is 13.9. The fourth-order valence-corrected chi connectivity index (χ4v) is 3.61. The Labute approximate surface area is 117 Å². The zero-order valence-corrected chi connectivity index (χ0v) is 12.5. The molecule has 1 aliphatic carbocycles. The topological polar surface area (TPSA) is 46.9 Å². The molecule has 0 amide bonds. The second-order valence-electron chi connectivity index (χ2n) is 6.71. The lowest BCUT2D eigenvalue weighted by Gasteiger charge is -2.44. The number of β-amino-alcohol motifs (C(OH)–C–C–N with tert-alkyl or cyclic N) is 2. The molecule has 1 saturated carbocycles. The fraction of sp³-hybridized carbons (Fsp3) is 1.00. The number of aliphatic hydroxyl groups is 2. The fourth-order valence-electron chi connectivity index (χ4n) is 3.61. The van der Waals surface area contributed by atoms with Gasteiger partial charge in [-0.15, -0.1) is 0 Å². The van der Waals surface area contributed by atoms with Crippen molar-refractivity contribution in [2.75, 3.05) is 32.7 Å². The van der Waals surface area contributed by atoms with Gasteiger partial charge in [0.2, 0.25) is 0 Å². The van der Waals surface area contributed by atoms with Gasteiger partial charge in [-0.2, -0.15) is 0 Å². The van der Waals surface area contributed by atoms with Gasteiger partial charge in [-0.05, 0) is 26.7 Å². The minimum atomic E-state index is -0.440. The summed E-state index contributed by atoms with van der Waals surface area (Å²) in [7, 11) is 0. The van der Waals surface area contributed by atoms with Crippen molar-refractivity contribution in [2.45, 2.75) is 63.7 Å². The Balaban J connectivity index is 1.81. The van der Waals surface area contributed by atoms with Gasteiger partial charge in [-0.3, -0.25) is 9.80 Å². The Morgan fingerprint density at radius 3 is 2.47 bits per heavy atom. The van der Waals surface area contributed by atoms with Crippen LogP contribution in [0.3, 0.4) is 0 Å². The molecule has 2 fully saturated rings. The van der Waals surface area contributed by atoms with Gasteiger partial charge < -0.3 is 10.2 Å². The molecule has 4 heteroatoms. The van der Waals surface area contributed by atoms with Gasteiger partial charge in [-0.1, -0.05) is 19.3 Å².